The topological polar surface area (TPSA) is 78.0 Å². The molecule has 0 radical (unpaired) electrons. The predicted octanol–water partition coefficient (Wildman–Crippen LogP) is 5.89. The first-order chi connectivity index (χ1) is 14.4. The number of non-ortho nitro benzene ring substituents is 1. The highest BCUT2D eigenvalue weighted by Gasteiger charge is 2.14. The standard InChI is InChI=1S/C21H13Cl2N3O3S/c22-14-3-8-16(9-4-14)25-20(27)18-10-5-15(23)11-19(18)24-21(25)30-12-13-1-6-17(7-2-13)26(28)29/h1-11H,12H2. The largest absolute Gasteiger partial charge is 0.269 e. The Morgan fingerprint density at radius 1 is 0.967 bits per heavy atom. The lowest BCUT2D eigenvalue weighted by Crippen LogP contribution is -2.21. The summed E-state index contributed by atoms with van der Waals surface area (Å²) in [5.74, 6) is 0.476. The van der Waals surface area contributed by atoms with Gasteiger partial charge in [0, 0.05) is 27.9 Å². The second kappa shape index (κ2) is 8.47. The Kier molecular flexibility index (Phi) is 5.76. The summed E-state index contributed by atoms with van der Waals surface area (Å²) in [5.41, 5.74) is 1.82. The van der Waals surface area contributed by atoms with Gasteiger partial charge in [-0.2, -0.15) is 0 Å². The molecule has 0 atom stereocenters. The first-order valence-corrected chi connectivity index (χ1v) is 10.5. The Bertz CT molecular complexity index is 1310. The molecule has 0 saturated heterocycles. The summed E-state index contributed by atoms with van der Waals surface area (Å²) in [4.78, 5) is 28.3. The first-order valence-electron chi connectivity index (χ1n) is 8.77. The van der Waals surface area contributed by atoms with Crippen molar-refractivity contribution in [3.63, 3.8) is 0 Å². The number of benzene rings is 3. The van der Waals surface area contributed by atoms with E-state index in [2.05, 4.69) is 4.98 Å². The molecule has 4 rings (SSSR count). The van der Waals surface area contributed by atoms with E-state index in [0.717, 1.165) is 5.56 Å². The maximum Gasteiger partial charge on any atom is 0.269 e. The van der Waals surface area contributed by atoms with E-state index in [1.165, 1.54) is 28.5 Å². The molecule has 0 N–H and O–H groups in total. The summed E-state index contributed by atoms with van der Waals surface area (Å²) in [5, 5.41) is 12.8. The van der Waals surface area contributed by atoms with Crippen LogP contribution in [0.3, 0.4) is 0 Å². The molecular weight excluding hydrogens is 445 g/mol. The van der Waals surface area contributed by atoms with Crippen LogP contribution >= 0.6 is 35.0 Å². The summed E-state index contributed by atoms with van der Waals surface area (Å²) < 4.78 is 1.53. The molecule has 0 aliphatic carbocycles. The van der Waals surface area contributed by atoms with Gasteiger partial charge in [-0.3, -0.25) is 19.5 Å². The summed E-state index contributed by atoms with van der Waals surface area (Å²) in [6.45, 7) is 0. The zero-order valence-electron chi connectivity index (χ0n) is 15.3. The molecule has 0 unspecified atom stereocenters. The molecule has 0 amide bonds. The number of nitro groups is 1. The molecule has 3 aromatic carbocycles. The van der Waals surface area contributed by atoms with Gasteiger partial charge in [0.1, 0.15) is 0 Å². The lowest BCUT2D eigenvalue weighted by atomic mass is 10.2. The zero-order chi connectivity index (χ0) is 21.3. The molecular formula is C21H13Cl2N3O3S. The third kappa shape index (κ3) is 4.18. The number of nitrogens with zero attached hydrogens (tertiary/aromatic N) is 3. The van der Waals surface area contributed by atoms with Crippen LogP contribution in [0.2, 0.25) is 10.0 Å². The fourth-order valence-electron chi connectivity index (χ4n) is 2.91. The lowest BCUT2D eigenvalue weighted by Gasteiger charge is -2.13. The van der Waals surface area contributed by atoms with Crippen molar-refractivity contribution in [2.75, 3.05) is 0 Å². The maximum absolute atomic E-state index is 13.2. The highest BCUT2D eigenvalue weighted by atomic mass is 35.5. The van der Waals surface area contributed by atoms with Crippen LogP contribution in [0.25, 0.3) is 16.6 Å². The van der Waals surface area contributed by atoms with Crippen LogP contribution in [-0.4, -0.2) is 14.5 Å². The van der Waals surface area contributed by atoms with Crippen LogP contribution in [0.4, 0.5) is 5.69 Å². The van der Waals surface area contributed by atoms with Gasteiger partial charge in [0.2, 0.25) is 0 Å². The quantitative estimate of drug-likeness (QED) is 0.161. The van der Waals surface area contributed by atoms with Gasteiger partial charge in [-0.15, -0.1) is 0 Å². The second-order valence-electron chi connectivity index (χ2n) is 6.39. The van der Waals surface area contributed by atoms with E-state index in [4.69, 9.17) is 23.2 Å². The average molecular weight is 458 g/mol. The van der Waals surface area contributed by atoms with Gasteiger partial charge in [0.25, 0.3) is 11.2 Å². The van der Waals surface area contributed by atoms with Crippen molar-refractivity contribution < 1.29 is 4.92 Å². The highest BCUT2D eigenvalue weighted by molar-refractivity contribution is 7.98. The van der Waals surface area contributed by atoms with Crippen LogP contribution < -0.4 is 5.56 Å². The van der Waals surface area contributed by atoms with E-state index in [1.54, 1.807) is 54.6 Å². The zero-order valence-corrected chi connectivity index (χ0v) is 17.6. The van der Waals surface area contributed by atoms with Crippen LogP contribution in [-0.2, 0) is 5.75 Å². The molecule has 6 nitrogen and oxygen atoms in total. The van der Waals surface area contributed by atoms with Crippen molar-refractivity contribution in [3.05, 3.63) is 103 Å². The minimum absolute atomic E-state index is 0.0281. The molecule has 0 aliphatic rings. The predicted molar refractivity (Wildman–Crippen MR) is 120 cm³/mol. The molecule has 0 spiro atoms. The minimum Gasteiger partial charge on any atom is -0.268 e. The molecule has 4 aromatic rings. The first kappa shape index (κ1) is 20.4. The average Bonchev–Trinajstić information content (AvgIpc) is 2.73. The Morgan fingerprint density at radius 2 is 1.63 bits per heavy atom. The van der Waals surface area contributed by atoms with Gasteiger partial charge in [-0.25, -0.2) is 4.98 Å². The van der Waals surface area contributed by atoms with E-state index in [1.807, 2.05) is 0 Å². The van der Waals surface area contributed by atoms with Gasteiger partial charge in [0.05, 0.1) is 21.5 Å². The van der Waals surface area contributed by atoms with Gasteiger partial charge >= 0.3 is 0 Å². The van der Waals surface area contributed by atoms with E-state index in [-0.39, 0.29) is 11.2 Å². The maximum atomic E-state index is 13.2. The molecule has 0 bridgehead atoms. The Labute approximate surface area is 185 Å². The monoisotopic (exact) mass is 457 g/mol. The number of hydrogen-bond acceptors (Lipinski definition) is 5. The van der Waals surface area contributed by atoms with Crippen molar-refractivity contribution in [3.8, 4) is 5.69 Å². The van der Waals surface area contributed by atoms with Gasteiger partial charge in [-0.1, -0.05) is 47.1 Å². The van der Waals surface area contributed by atoms with Crippen molar-refractivity contribution in [2.24, 2.45) is 0 Å². The van der Waals surface area contributed by atoms with Crippen molar-refractivity contribution in [1.29, 1.82) is 0 Å². The smallest absolute Gasteiger partial charge is 0.268 e. The van der Waals surface area contributed by atoms with Crippen LogP contribution in [0.1, 0.15) is 5.56 Å². The third-order valence-corrected chi connectivity index (χ3v) is 5.90. The number of nitro benzene ring substituents is 1. The molecule has 1 heterocycles. The number of rotatable bonds is 5. The molecule has 150 valence electrons. The fraction of sp³-hybridized carbons (Fsp3) is 0.0476. The Balaban J connectivity index is 1.78. The number of thioether (sulfide) groups is 1. The number of aromatic nitrogens is 2. The van der Waals surface area contributed by atoms with Crippen LogP contribution in [0.15, 0.2) is 76.7 Å². The normalized spacial score (nSPS) is 11.0. The molecule has 0 saturated carbocycles. The molecule has 9 heteroatoms. The molecule has 0 fully saturated rings. The summed E-state index contributed by atoms with van der Waals surface area (Å²) in [7, 11) is 0. The Morgan fingerprint density at radius 3 is 2.30 bits per heavy atom. The molecule has 0 aliphatic heterocycles. The van der Waals surface area contributed by atoms with E-state index in [9.17, 15) is 14.9 Å². The summed E-state index contributed by atoms with van der Waals surface area (Å²) >= 11 is 13.4. The molecule has 30 heavy (non-hydrogen) atoms. The SMILES string of the molecule is O=c1c2ccc(Cl)cc2nc(SCc2ccc([N+](=O)[O-])cc2)n1-c1ccc(Cl)cc1. The van der Waals surface area contributed by atoms with Gasteiger partial charge in [-0.05, 0) is 48.0 Å². The minimum atomic E-state index is -0.441. The summed E-state index contributed by atoms with van der Waals surface area (Å²) in [6, 6.07) is 18.2. The van der Waals surface area contributed by atoms with E-state index in [0.29, 0.717) is 37.5 Å². The third-order valence-electron chi connectivity index (χ3n) is 4.40. The van der Waals surface area contributed by atoms with Gasteiger partial charge in [0.15, 0.2) is 5.16 Å². The number of fused-ring (bicyclic) bond motifs is 1. The van der Waals surface area contributed by atoms with Crippen LogP contribution in [0.5, 0.6) is 0 Å². The van der Waals surface area contributed by atoms with Crippen molar-refractivity contribution in [1.82, 2.24) is 9.55 Å². The van der Waals surface area contributed by atoms with Crippen molar-refractivity contribution >= 4 is 51.6 Å². The molecule has 1 aromatic heterocycles. The second-order valence-corrected chi connectivity index (χ2v) is 8.20. The van der Waals surface area contributed by atoms with Crippen LogP contribution in [0, 0.1) is 10.1 Å². The number of hydrogen-bond donors (Lipinski definition) is 0. The summed E-state index contributed by atoms with van der Waals surface area (Å²) in [6.07, 6.45) is 0. The van der Waals surface area contributed by atoms with E-state index < -0.39 is 4.92 Å². The highest BCUT2D eigenvalue weighted by Crippen LogP contribution is 2.27. The van der Waals surface area contributed by atoms with Crippen molar-refractivity contribution in [2.45, 2.75) is 10.9 Å². The number of halogens is 2. The lowest BCUT2D eigenvalue weighted by molar-refractivity contribution is -0.384. The van der Waals surface area contributed by atoms with E-state index >= 15 is 0 Å². The Hall–Kier alpha value is -2.87. The van der Waals surface area contributed by atoms with Gasteiger partial charge < -0.3 is 0 Å². The fourth-order valence-corrected chi connectivity index (χ4v) is 4.18.